The summed E-state index contributed by atoms with van der Waals surface area (Å²) in [6.07, 6.45) is 3.71. The molecule has 5 nitrogen and oxygen atoms in total. The van der Waals surface area contributed by atoms with Gasteiger partial charge in [0, 0.05) is 12.2 Å². The molecule has 3 aromatic rings. The Kier molecular flexibility index (Phi) is 4.58. The van der Waals surface area contributed by atoms with Gasteiger partial charge in [0.1, 0.15) is 5.82 Å². The zero-order valence-corrected chi connectivity index (χ0v) is 15.9. The number of fused-ring (bicyclic) bond motifs is 1. The fourth-order valence-electron chi connectivity index (χ4n) is 3.37. The Balaban J connectivity index is 1.57. The summed E-state index contributed by atoms with van der Waals surface area (Å²) >= 11 is 0. The van der Waals surface area contributed by atoms with E-state index in [0.717, 1.165) is 30.8 Å². The van der Waals surface area contributed by atoms with E-state index >= 15 is 0 Å². The highest BCUT2D eigenvalue weighted by molar-refractivity contribution is 7.92. The van der Waals surface area contributed by atoms with Crippen LogP contribution in [0, 0.1) is 6.92 Å². The molecule has 0 aliphatic carbocycles. The van der Waals surface area contributed by atoms with E-state index in [-0.39, 0.29) is 4.90 Å². The maximum Gasteiger partial charge on any atom is 0.261 e. The van der Waals surface area contributed by atoms with Crippen molar-refractivity contribution in [2.24, 2.45) is 0 Å². The molecule has 0 bridgehead atoms. The zero-order valence-electron chi connectivity index (χ0n) is 15.1. The molecule has 0 fully saturated rings. The molecule has 0 atom stereocenters. The van der Waals surface area contributed by atoms with Crippen LogP contribution in [0.25, 0.3) is 0 Å². The van der Waals surface area contributed by atoms with Crippen LogP contribution in [0.4, 0.5) is 17.2 Å². The first-order valence-electron chi connectivity index (χ1n) is 8.94. The van der Waals surface area contributed by atoms with Crippen LogP contribution in [0.15, 0.2) is 71.8 Å². The van der Waals surface area contributed by atoms with Crippen molar-refractivity contribution < 1.29 is 8.42 Å². The van der Waals surface area contributed by atoms with Gasteiger partial charge >= 0.3 is 0 Å². The molecule has 2 aromatic carbocycles. The molecule has 1 aromatic heterocycles. The second-order valence-electron chi connectivity index (χ2n) is 6.71. The number of sulfonamides is 1. The fourth-order valence-corrected chi connectivity index (χ4v) is 4.52. The number of hydrogen-bond acceptors (Lipinski definition) is 4. The topological polar surface area (TPSA) is 62.3 Å². The molecule has 0 amide bonds. The van der Waals surface area contributed by atoms with Crippen molar-refractivity contribution in [3.63, 3.8) is 0 Å². The van der Waals surface area contributed by atoms with Crippen LogP contribution >= 0.6 is 0 Å². The second kappa shape index (κ2) is 7.04. The van der Waals surface area contributed by atoms with Gasteiger partial charge in [0.05, 0.1) is 16.8 Å². The van der Waals surface area contributed by atoms with E-state index in [2.05, 4.69) is 32.8 Å². The summed E-state index contributed by atoms with van der Waals surface area (Å²) in [6.45, 7) is 2.77. The minimum Gasteiger partial charge on any atom is -0.326 e. The molecule has 1 aliphatic rings. The molecule has 4 rings (SSSR count). The lowest BCUT2D eigenvalue weighted by Gasteiger charge is -2.30. The van der Waals surface area contributed by atoms with E-state index in [1.165, 1.54) is 11.3 Å². The van der Waals surface area contributed by atoms with Crippen LogP contribution in [0.2, 0.25) is 0 Å². The van der Waals surface area contributed by atoms with Crippen LogP contribution in [0.1, 0.15) is 17.5 Å². The van der Waals surface area contributed by atoms with Gasteiger partial charge in [-0.05, 0) is 61.2 Å². The molecule has 1 aliphatic heterocycles. The number of benzene rings is 2. The highest BCUT2D eigenvalue weighted by Crippen LogP contribution is 2.32. The average Bonchev–Trinajstić information content (AvgIpc) is 2.68. The van der Waals surface area contributed by atoms with Gasteiger partial charge in [0.2, 0.25) is 0 Å². The van der Waals surface area contributed by atoms with Crippen molar-refractivity contribution in [1.29, 1.82) is 0 Å². The SMILES string of the molecule is Cc1cccc(S(=O)(=O)Nc2ccc(N3CCCc4ccccc43)nc2)c1. The fraction of sp³-hybridized carbons (Fsp3) is 0.190. The Morgan fingerprint density at radius 3 is 2.67 bits per heavy atom. The van der Waals surface area contributed by atoms with Crippen LogP contribution in [-0.2, 0) is 16.4 Å². The van der Waals surface area contributed by atoms with Gasteiger partial charge in [-0.1, -0.05) is 30.3 Å². The van der Waals surface area contributed by atoms with E-state index < -0.39 is 10.0 Å². The normalized spacial score (nSPS) is 13.9. The van der Waals surface area contributed by atoms with Gasteiger partial charge in [-0.3, -0.25) is 4.72 Å². The number of anilines is 3. The van der Waals surface area contributed by atoms with Gasteiger partial charge < -0.3 is 4.90 Å². The van der Waals surface area contributed by atoms with Crippen molar-refractivity contribution in [3.8, 4) is 0 Å². The molecule has 0 unspecified atom stereocenters. The van der Waals surface area contributed by atoms with Crippen molar-refractivity contribution in [2.75, 3.05) is 16.2 Å². The van der Waals surface area contributed by atoms with Gasteiger partial charge in [-0.2, -0.15) is 0 Å². The predicted octanol–water partition coefficient (Wildman–Crippen LogP) is 4.28. The third kappa shape index (κ3) is 3.66. The smallest absolute Gasteiger partial charge is 0.261 e. The number of nitrogens with one attached hydrogen (secondary N) is 1. The minimum atomic E-state index is -3.63. The van der Waals surface area contributed by atoms with E-state index in [1.807, 2.05) is 25.1 Å². The quantitative estimate of drug-likeness (QED) is 0.735. The molecule has 1 N–H and O–H groups in total. The summed E-state index contributed by atoms with van der Waals surface area (Å²) < 4.78 is 27.7. The number of pyridine rings is 1. The van der Waals surface area contributed by atoms with Gasteiger partial charge in [-0.15, -0.1) is 0 Å². The number of rotatable bonds is 4. The number of para-hydroxylation sites is 1. The summed E-state index contributed by atoms with van der Waals surface area (Å²) in [6, 6.07) is 18.8. The number of nitrogens with zero attached hydrogens (tertiary/aromatic N) is 2. The predicted molar refractivity (Wildman–Crippen MR) is 108 cm³/mol. The van der Waals surface area contributed by atoms with Crippen molar-refractivity contribution in [2.45, 2.75) is 24.7 Å². The first-order chi connectivity index (χ1) is 13.0. The summed E-state index contributed by atoms with van der Waals surface area (Å²) in [5.74, 6) is 0.820. The highest BCUT2D eigenvalue weighted by atomic mass is 32.2. The Hall–Kier alpha value is -2.86. The Labute approximate surface area is 159 Å². The van der Waals surface area contributed by atoms with E-state index in [9.17, 15) is 8.42 Å². The van der Waals surface area contributed by atoms with Crippen LogP contribution in [-0.4, -0.2) is 19.9 Å². The zero-order chi connectivity index (χ0) is 18.9. The lowest BCUT2D eigenvalue weighted by atomic mass is 10.0. The summed E-state index contributed by atoms with van der Waals surface area (Å²) in [7, 11) is -3.63. The molecule has 2 heterocycles. The molecule has 0 radical (unpaired) electrons. The number of aromatic nitrogens is 1. The third-order valence-electron chi connectivity index (χ3n) is 4.69. The number of aryl methyl sites for hydroxylation is 2. The molecule has 6 heteroatoms. The molecule has 27 heavy (non-hydrogen) atoms. The van der Waals surface area contributed by atoms with E-state index in [1.54, 1.807) is 30.5 Å². The maximum absolute atomic E-state index is 12.6. The summed E-state index contributed by atoms with van der Waals surface area (Å²) in [5, 5.41) is 0. The Bertz CT molecular complexity index is 1060. The average molecular weight is 379 g/mol. The van der Waals surface area contributed by atoms with Crippen molar-refractivity contribution in [3.05, 3.63) is 78.0 Å². The van der Waals surface area contributed by atoms with Gasteiger partial charge in [0.25, 0.3) is 10.0 Å². The largest absolute Gasteiger partial charge is 0.326 e. The standard InChI is InChI=1S/C21H21N3O2S/c1-16-6-4-9-19(14-16)27(25,26)23-18-11-12-21(22-15-18)24-13-5-8-17-7-2-3-10-20(17)24/h2-4,6-7,9-12,14-15,23H,5,8,13H2,1H3. The minimum absolute atomic E-state index is 0.247. The Morgan fingerprint density at radius 2 is 1.89 bits per heavy atom. The van der Waals surface area contributed by atoms with Gasteiger partial charge in [-0.25, -0.2) is 13.4 Å². The lowest BCUT2D eigenvalue weighted by Crippen LogP contribution is -2.25. The van der Waals surface area contributed by atoms with Gasteiger partial charge in [0.15, 0.2) is 0 Å². The first-order valence-corrected chi connectivity index (χ1v) is 10.4. The first kappa shape index (κ1) is 17.5. The molecule has 0 saturated heterocycles. The molecule has 0 spiro atoms. The third-order valence-corrected chi connectivity index (χ3v) is 6.07. The second-order valence-corrected chi connectivity index (χ2v) is 8.39. The Morgan fingerprint density at radius 1 is 1.04 bits per heavy atom. The van der Waals surface area contributed by atoms with Crippen LogP contribution in [0.3, 0.4) is 0 Å². The summed E-state index contributed by atoms with van der Waals surface area (Å²) in [5.41, 5.74) is 3.83. The lowest BCUT2D eigenvalue weighted by molar-refractivity contribution is 0.601. The van der Waals surface area contributed by atoms with Crippen LogP contribution < -0.4 is 9.62 Å². The maximum atomic E-state index is 12.6. The van der Waals surface area contributed by atoms with E-state index in [0.29, 0.717) is 5.69 Å². The molecular weight excluding hydrogens is 358 g/mol. The van der Waals surface area contributed by atoms with Crippen molar-refractivity contribution >= 4 is 27.2 Å². The van der Waals surface area contributed by atoms with Crippen LogP contribution in [0.5, 0.6) is 0 Å². The molecule has 0 saturated carbocycles. The molecular formula is C21H21N3O2S. The number of hydrogen-bond donors (Lipinski definition) is 1. The highest BCUT2D eigenvalue weighted by Gasteiger charge is 2.19. The monoisotopic (exact) mass is 379 g/mol. The van der Waals surface area contributed by atoms with E-state index in [4.69, 9.17) is 0 Å². The summed E-state index contributed by atoms with van der Waals surface area (Å²) in [4.78, 5) is 6.92. The molecule has 138 valence electrons. The van der Waals surface area contributed by atoms with Crippen molar-refractivity contribution in [1.82, 2.24) is 4.98 Å².